The van der Waals surface area contributed by atoms with Crippen molar-refractivity contribution in [1.82, 2.24) is 0 Å². The van der Waals surface area contributed by atoms with Crippen LogP contribution in [0.1, 0.15) is 135 Å². The zero-order valence-electron chi connectivity index (χ0n) is 47.0. The van der Waals surface area contributed by atoms with Crippen LogP contribution in [0.15, 0.2) is 169 Å². The van der Waals surface area contributed by atoms with E-state index in [1.807, 2.05) is 0 Å². The normalized spacial score (nSPS) is 28.1. The summed E-state index contributed by atoms with van der Waals surface area (Å²) >= 11 is -0.826. The third-order valence-corrected chi connectivity index (χ3v) is 30.0. The molecule has 12 atom stereocenters. The first-order valence-corrected chi connectivity index (χ1v) is 40.8. The molecule has 6 aliphatic carbocycles. The van der Waals surface area contributed by atoms with Gasteiger partial charge >= 0.3 is 37.9 Å². The monoisotopic (exact) mass is 1140 g/mol. The topological polar surface area (TPSA) is 0 Å². The summed E-state index contributed by atoms with van der Waals surface area (Å²) in [6.45, 7) is 21.1. The number of rotatable bonds is 8. The fourth-order valence-electron chi connectivity index (χ4n) is 18.2. The van der Waals surface area contributed by atoms with E-state index >= 15 is 0 Å². The molecule has 0 nitrogen and oxygen atoms in total. The summed E-state index contributed by atoms with van der Waals surface area (Å²) in [6.07, 6.45) is 16.7. The van der Waals surface area contributed by atoms with Gasteiger partial charge in [0.1, 0.15) is 0 Å². The van der Waals surface area contributed by atoms with Crippen molar-refractivity contribution in [3.8, 4) is 22.3 Å². The predicted molar refractivity (Wildman–Crippen MR) is 331 cm³/mol. The van der Waals surface area contributed by atoms with E-state index in [1.165, 1.54) is 107 Å². The van der Waals surface area contributed by atoms with Gasteiger partial charge in [-0.2, -0.15) is 0 Å². The van der Waals surface area contributed by atoms with Gasteiger partial charge in [-0.3, -0.25) is 0 Å². The number of hydrogen-bond acceptors (Lipinski definition) is 0. The van der Waals surface area contributed by atoms with Crippen molar-refractivity contribution in [2.45, 2.75) is 139 Å². The first-order chi connectivity index (χ1) is 35.3. The Morgan fingerprint density at radius 3 is 1.13 bits per heavy atom. The van der Waals surface area contributed by atoms with Crippen molar-refractivity contribution >= 4 is 45.3 Å². The summed E-state index contributed by atoms with van der Waals surface area (Å²) in [5.41, 5.74) is 20.7. The molecule has 0 saturated heterocycles. The Morgan fingerprint density at radius 1 is 0.427 bits per heavy atom. The zero-order valence-corrected chi connectivity index (χ0v) is 53.0. The first-order valence-electron chi connectivity index (χ1n) is 28.1. The fourth-order valence-corrected chi connectivity index (χ4v) is 29.8. The van der Waals surface area contributed by atoms with Gasteiger partial charge in [0, 0.05) is 11.1 Å². The van der Waals surface area contributed by atoms with Crippen molar-refractivity contribution in [2.75, 3.05) is 0 Å². The van der Waals surface area contributed by atoms with Crippen LogP contribution in [0.5, 0.6) is 0 Å². The van der Waals surface area contributed by atoms with Crippen LogP contribution in [0, 0.1) is 50.4 Å². The van der Waals surface area contributed by atoms with Gasteiger partial charge in [0.15, 0.2) is 0 Å². The summed E-state index contributed by atoms with van der Waals surface area (Å²) in [4.78, 5) is 0. The Hall–Kier alpha value is -3.30. The maximum atomic E-state index is 4.93. The molecule has 0 N–H and O–H groups in total. The van der Waals surface area contributed by atoms with Crippen molar-refractivity contribution in [2.24, 2.45) is 35.5 Å². The zero-order chi connectivity index (χ0) is 51.0. The van der Waals surface area contributed by atoms with Gasteiger partial charge in [-0.15, -0.1) is 0 Å². The fraction of sp³-hybridized carbons (Fsp3) is 0.400. The molecule has 0 spiro atoms. The summed E-state index contributed by atoms with van der Waals surface area (Å²) in [5.74, 6) is 7.35. The van der Waals surface area contributed by atoms with Gasteiger partial charge in [0.2, 0.25) is 0 Å². The number of benzene rings is 6. The second kappa shape index (κ2) is 24.8. The molecule has 0 bridgehead atoms. The van der Waals surface area contributed by atoms with E-state index in [-0.39, 0.29) is 14.9 Å². The van der Waals surface area contributed by atoms with Gasteiger partial charge in [0.05, 0.1) is 16.1 Å². The molecule has 12 rings (SSSR count). The third kappa shape index (κ3) is 11.2. The molecule has 5 heteroatoms. The van der Waals surface area contributed by atoms with Crippen molar-refractivity contribution in [3.05, 3.63) is 217 Å². The van der Waals surface area contributed by atoms with Crippen molar-refractivity contribution in [3.63, 3.8) is 0 Å². The van der Waals surface area contributed by atoms with Crippen LogP contribution in [-0.4, -0.2) is 16.1 Å². The molecular formula is C70H86Cl2Si2Zr. The molecule has 12 unspecified atom stereocenters. The van der Waals surface area contributed by atoms with Crippen LogP contribution < -0.4 is 0 Å². The molecular weight excluding hydrogens is 1060 g/mol. The third-order valence-electron chi connectivity index (χ3n) is 20.1. The SMILES string of the molecule is CC1=Cc2c(-c3ccccc3)cccc2C1[Si](C)(C)C1C(C)=Cc2c(-c3ccccc3)cccc21.CC1CC2C(c3ccccc3)CCCC2C1[Si](C)(C)C1C(C)CC2C(c3ccccc3)CCCC21.[CH3-].[CH3-].[Cl][Zr+2][Cl]. The van der Waals surface area contributed by atoms with Gasteiger partial charge in [-0.25, -0.2) is 0 Å². The molecule has 0 heterocycles. The summed E-state index contributed by atoms with van der Waals surface area (Å²) in [6, 6.07) is 58.9. The van der Waals surface area contributed by atoms with E-state index in [0.29, 0.717) is 11.1 Å². The van der Waals surface area contributed by atoms with Crippen LogP contribution in [0.25, 0.3) is 34.4 Å². The Morgan fingerprint density at radius 2 is 0.773 bits per heavy atom. The minimum atomic E-state index is -1.85. The van der Waals surface area contributed by atoms with E-state index < -0.39 is 37.0 Å². The van der Waals surface area contributed by atoms with Crippen LogP contribution in [0.2, 0.25) is 37.3 Å². The molecule has 392 valence electrons. The van der Waals surface area contributed by atoms with Crippen LogP contribution in [-0.2, 0) is 20.8 Å². The molecule has 0 aromatic heterocycles. The number of hydrogen-bond donors (Lipinski definition) is 0. The molecule has 6 aromatic carbocycles. The van der Waals surface area contributed by atoms with Crippen LogP contribution >= 0.6 is 17.0 Å². The average Bonchev–Trinajstić information content (AvgIpc) is 4.16. The second-order valence-corrected chi connectivity index (χ2v) is 38.2. The van der Waals surface area contributed by atoms with E-state index in [4.69, 9.17) is 17.0 Å². The molecule has 4 fully saturated rings. The second-order valence-electron chi connectivity index (χ2n) is 24.7. The molecule has 6 aromatic rings. The number of allylic oxidation sites excluding steroid dienone is 2. The molecule has 75 heavy (non-hydrogen) atoms. The van der Waals surface area contributed by atoms with Gasteiger partial charge in [-0.05, 0) is 154 Å². The maximum absolute atomic E-state index is 4.93. The van der Waals surface area contributed by atoms with Gasteiger partial charge in [0.25, 0.3) is 0 Å². The summed E-state index contributed by atoms with van der Waals surface area (Å²) in [7, 11) is 6.58. The summed E-state index contributed by atoms with van der Waals surface area (Å²) < 4.78 is 0. The molecule has 0 radical (unpaired) electrons. The number of halogens is 2. The molecule has 4 saturated carbocycles. The Kier molecular flexibility index (Phi) is 19.1. The van der Waals surface area contributed by atoms with Crippen LogP contribution in [0.4, 0.5) is 0 Å². The molecule has 0 aliphatic heterocycles. The quantitative estimate of drug-likeness (QED) is 0.105. The van der Waals surface area contributed by atoms with Gasteiger partial charge < -0.3 is 14.9 Å². The predicted octanol–water partition coefficient (Wildman–Crippen LogP) is 21.7. The van der Waals surface area contributed by atoms with Crippen LogP contribution in [0.3, 0.4) is 0 Å². The molecule has 0 amide bonds. The average molecular weight is 1150 g/mol. The van der Waals surface area contributed by atoms with Gasteiger partial charge in [-0.1, -0.05) is 247 Å². The first kappa shape index (κ1) is 57.9. The van der Waals surface area contributed by atoms with Crippen molar-refractivity contribution < 1.29 is 20.8 Å². The Balaban J connectivity index is 0.000000185. The minimum absolute atomic E-state index is 0. The van der Waals surface area contributed by atoms with E-state index in [0.717, 1.165) is 58.4 Å². The van der Waals surface area contributed by atoms with E-state index in [1.54, 1.807) is 11.1 Å². The van der Waals surface area contributed by atoms with E-state index in [2.05, 4.69) is 224 Å². The Bertz CT molecular complexity index is 2680. The summed E-state index contributed by atoms with van der Waals surface area (Å²) in [5, 5.41) is 0. The Labute approximate surface area is 476 Å². The van der Waals surface area contributed by atoms with Crippen molar-refractivity contribution in [1.29, 1.82) is 0 Å². The molecule has 6 aliphatic rings. The standard InChI is InChI=1S/C34H48Si.C34H32Si.2CH3.2ClH.Zr/c2*1-23-21-31-27(25-13-7-5-8-14-25)17-11-19-29(31)33(23)35(3,4)34-24(2)22-32-28(18-12-20-30(32)34)26-15-9-6-10-16-26;;;;;/h5-10,13-16,23-24,27-34H,11-12,17-22H2,1-4H3;5-22,33-34H,1-4H3;2*1H3;2*1H;/q;;2*-1;;;+4/p-2. The number of fused-ring (bicyclic) bond motifs is 4. The van der Waals surface area contributed by atoms with E-state index in [9.17, 15) is 0 Å².